The predicted octanol–water partition coefficient (Wildman–Crippen LogP) is 3.19. The highest BCUT2D eigenvalue weighted by Crippen LogP contribution is 2.74. The summed E-state index contributed by atoms with van der Waals surface area (Å²) < 4.78 is 5.68. The summed E-state index contributed by atoms with van der Waals surface area (Å²) in [5, 5.41) is 3.93. The molecule has 160 valence electrons. The average Bonchev–Trinajstić information content (AvgIpc) is 3.25. The molecule has 1 N–H and O–H groups in total. The Labute approximate surface area is 183 Å². The summed E-state index contributed by atoms with van der Waals surface area (Å²) in [6.45, 7) is 1.97. The third-order valence-corrected chi connectivity index (χ3v) is 9.67. The van der Waals surface area contributed by atoms with Gasteiger partial charge < -0.3 is 15.0 Å². The summed E-state index contributed by atoms with van der Waals surface area (Å²) in [5.41, 5.74) is 4.11. The molecule has 1 aromatic carbocycles. The Morgan fingerprint density at radius 3 is 3.03 bits per heavy atom. The van der Waals surface area contributed by atoms with E-state index in [1.54, 1.807) is 13.3 Å². The molecule has 1 amide bonds. The fourth-order valence-electron chi connectivity index (χ4n) is 8.88. The van der Waals surface area contributed by atoms with Crippen molar-refractivity contribution < 1.29 is 9.53 Å². The van der Waals surface area contributed by atoms with E-state index in [0.29, 0.717) is 35.0 Å². The number of benzene rings is 1. The number of pyridine rings is 1. The topological polar surface area (TPSA) is 54.5 Å². The maximum atomic E-state index is 13.5. The van der Waals surface area contributed by atoms with Gasteiger partial charge in [0.2, 0.25) is 0 Å². The van der Waals surface area contributed by atoms with Gasteiger partial charge in [0, 0.05) is 30.2 Å². The van der Waals surface area contributed by atoms with E-state index in [1.807, 2.05) is 18.2 Å². The molecule has 3 aliphatic carbocycles. The first-order valence-electron chi connectivity index (χ1n) is 11.8. The van der Waals surface area contributed by atoms with Gasteiger partial charge in [-0.2, -0.15) is 0 Å². The van der Waals surface area contributed by atoms with Gasteiger partial charge in [0.05, 0.1) is 7.11 Å². The minimum absolute atomic E-state index is 0.121. The highest BCUT2D eigenvalue weighted by Gasteiger charge is 2.75. The lowest BCUT2D eigenvalue weighted by molar-refractivity contribution is -0.0448. The van der Waals surface area contributed by atoms with Crippen LogP contribution in [0.4, 0.5) is 0 Å². The second-order valence-electron chi connectivity index (χ2n) is 10.4. The van der Waals surface area contributed by atoms with Crippen LogP contribution in [0.25, 0.3) is 0 Å². The minimum atomic E-state index is 0.121. The van der Waals surface area contributed by atoms with Crippen LogP contribution in [0.15, 0.2) is 42.6 Å². The van der Waals surface area contributed by atoms with Gasteiger partial charge in [-0.1, -0.05) is 12.1 Å². The summed E-state index contributed by atoms with van der Waals surface area (Å²) in [7, 11) is 1.77. The van der Waals surface area contributed by atoms with E-state index in [2.05, 4.69) is 33.4 Å². The first kappa shape index (κ1) is 18.2. The lowest BCUT2D eigenvalue weighted by atomic mass is 9.44. The quantitative estimate of drug-likeness (QED) is 0.819. The van der Waals surface area contributed by atoms with Gasteiger partial charge in [-0.25, -0.2) is 0 Å². The molecule has 6 atom stereocenters. The maximum absolute atomic E-state index is 13.5. The number of nitrogens with zero attached hydrogens (tertiary/aromatic N) is 2. The summed E-state index contributed by atoms with van der Waals surface area (Å²) in [6, 6.07) is 13.3. The second kappa shape index (κ2) is 6.10. The average molecular weight is 416 g/mol. The lowest BCUT2D eigenvalue weighted by Gasteiger charge is -2.64. The Hall–Kier alpha value is -2.40. The molecular weight excluding hydrogens is 386 g/mol. The molecule has 0 radical (unpaired) electrons. The number of piperidine rings is 1. The number of carbonyl (C=O) groups excluding carboxylic acids is 1. The fraction of sp³-hybridized carbons (Fsp3) is 0.538. The molecule has 5 heteroatoms. The Bertz CT molecular complexity index is 1070. The summed E-state index contributed by atoms with van der Waals surface area (Å²) in [5.74, 6) is 2.22. The highest BCUT2D eigenvalue weighted by molar-refractivity contribution is 5.92. The number of hydrogen-bond acceptors (Lipinski definition) is 4. The number of carbonyl (C=O) groups is 1. The van der Waals surface area contributed by atoms with E-state index in [0.717, 1.165) is 31.7 Å². The molecule has 5 aliphatic rings. The number of hydrogen-bond donors (Lipinski definition) is 1. The van der Waals surface area contributed by atoms with E-state index < -0.39 is 0 Å². The molecule has 0 spiro atoms. The van der Waals surface area contributed by atoms with Gasteiger partial charge in [-0.05, 0) is 91.3 Å². The molecule has 4 bridgehead atoms. The first-order chi connectivity index (χ1) is 15.2. The maximum Gasteiger partial charge on any atom is 0.272 e. The van der Waals surface area contributed by atoms with E-state index >= 15 is 0 Å². The van der Waals surface area contributed by atoms with Crippen LogP contribution in [0.5, 0.6) is 5.75 Å². The number of likely N-dealkylation sites (tertiary alicyclic amines) is 1. The highest BCUT2D eigenvalue weighted by atomic mass is 16.5. The fourth-order valence-corrected chi connectivity index (χ4v) is 8.88. The lowest BCUT2D eigenvalue weighted by Crippen LogP contribution is -2.69. The zero-order valence-electron chi connectivity index (χ0n) is 18.0. The number of ether oxygens (including phenoxy) is 1. The molecule has 7 rings (SSSR count). The third kappa shape index (κ3) is 2.06. The van der Waals surface area contributed by atoms with E-state index in [1.165, 1.54) is 30.4 Å². The number of aromatic nitrogens is 1. The van der Waals surface area contributed by atoms with Crippen molar-refractivity contribution in [3.63, 3.8) is 0 Å². The van der Waals surface area contributed by atoms with Gasteiger partial charge in [-0.15, -0.1) is 0 Å². The van der Waals surface area contributed by atoms with Crippen molar-refractivity contribution in [2.45, 2.75) is 49.6 Å². The molecular formula is C26H29N3O2. The summed E-state index contributed by atoms with van der Waals surface area (Å²) in [6.07, 6.45) is 7.61. The largest absolute Gasteiger partial charge is 0.497 e. The molecule has 2 aromatic rings. The van der Waals surface area contributed by atoms with Crippen LogP contribution in [-0.2, 0) is 11.8 Å². The monoisotopic (exact) mass is 415 g/mol. The Kier molecular flexibility index (Phi) is 3.58. The van der Waals surface area contributed by atoms with Crippen molar-refractivity contribution in [2.75, 3.05) is 20.2 Å². The third-order valence-electron chi connectivity index (χ3n) is 9.67. The normalized spacial score (nSPS) is 39.1. The van der Waals surface area contributed by atoms with E-state index in [4.69, 9.17) is 4.74 Å². The summed E-state index contributed by atoms with van der Waals surface area (Å²) in [4.78, 5) is 20.0. The van der Waals surface area contributed by atoms with Crippen LogP contribution < -0.4 is 10.1 Å². The van der Waals surface area contributed by atoms with Crippen LogP contribution in [0.1, 0.15) is 47.3 Å². The number of fused-ring (bicyclic) bond motifs is 1. The zero-order chi connectivity index (χ0) is 20.8. The van der Waals surface area contributed by atoms with Crippen LogP contribution in [0, 0.1) is 17.3 Å². The van der Waals surface area contributed by atoms with Crippen molar-refractivity contribution in [3.05, 3.63) is 59.4 Å². The smallest absolute Gasteiger partial charge is 0.272 e. The standard InChI is InChI=1S/C26H29N3O2/c1-31-18-6-5-16-12-22-25-8-7-21-23(26(25,9-11-28-22)19(16)13-18)17(14-25)15-29(21)24(30)20-4-2-3-10-27-20/h2-6,10,13,17,21-23,28H,7-9,11-12,14-15H2,1H3/t17-,21?,22-,23?,25-,26+/m1/s1. The zero-order valence-corrected chi connectivity index (χ0v) is 18.0. The second-order valence-corrected chi connectivity index (χ2v) is 10.4. The number of nitrogens with one attached hydrogen (secondary N) is 1. The van der Waals surface area contributed by atoms with Gasteiger partial charge in [0.15, 0.2) is 0 Å². The molecule has 2 aliphatic heterocycles. The van der Waals surface area contributed by atoms with Gasteiger partial charge >= 0.3 is 0 Å². The number of methoxy groups -OCH3 is 1. The van der Waals surface area contributed by atoms with Gasteiger partial charge in [-0.3, -0.25) is 9.78 Å². The van der Waals surface area contributed by atoms with Crippen molar-refractivity contribution in [1.82, 2.24) is 15.2 Å². The number of amides is 1. The molecule has 2 unspecified atom stereocenters. The van der Waals surface area contributed by atoms with Crippen molar-refractivity contribution >= 4 is 5.91 Å². The molecule has 2 saturated heterocycles. The number of rotatable bonds is 2. The van der Waals surface area contributed by atoms with Crippen molar-refractivity contribution in [3.8, 4) is 5.75 Å². The van der Waals surface area contributed by atoms with Crippen molar-refractivity contribution in [2.24, 2.45) is 17.3 Å². The molecule has 1 aromatic heterocycles. The minimum Gasteiger partial charge on any atom is -0.497 e. The van der Waals surface area contributed by atoms with Crippen molar-refractivity contribution in [1.29, 1.82) is 0 Å². The van der Waals surface area contributed by atoms with Crippen LogP contribution in [-0.4, -0.2) is 48.1 Å². The SMILES string of the molecule is COc1ccc2c(c1)[C@]13CCN[C@H](C2)[C@]12CCC1C3[C@@H](CN1C(=O)c1ccccn1)C2. The van der Waals surface area contributed by atoms with Gasteiger partial charge in [0.1, 0.15) is 11.4 Å². The molecule has 5 nitrogen and oxygen atoms in total. The Morgan fingerprint density at radius 2 is 2.19 bits per heavy atom. The van der Waals surface area contributed by atoms with Crippen LogP contribution in [0.2, 0.25) is 0 Å². The molecule has 31 heavy (non-hydrogen) atoms. The molecule has 2 saturated carbocycles. The predicted molar refractivity (Wildman–Crippen MR) is 117 cm³/mol. The van der Waals surface area contributed by atoms with E-state index in [9.17, 15) is 4.79 Å². The first-order valence-corrected chi connectivity index (χ1v) is 11.8. The molecule has 4 fully saturated rings. The Morgan fingerprint density at radius 1 is 1.26 bits per heavy atom. The molecule has 3 heterocycles. The Balaban J connectivity index is 1.37. The van der Waals surface area contributed by atoms with Crippen LogP contribution in [0.3, 0.4) is 0 Å². The summed E-state index contributed by atoms with van der Waals surface area (Å²) >= 11 is 0. The van der Waals surface area contributed by atoms with E-state index in [-0.39, 0.29) is 11.3 Å². The van der Waals surface area contributed by atoms with Gasteiger partial charge in [0.25, 0.3) is 5.91 Å². The van der Waals surface area contributed by atoms with Crippen LogP contribution >= 0.6 is 0 Å².